The van der Waals surface area contributed by atoms with E-state index in [1.165, 1.54) is 65.9 Å². The van der Waals surface area contributed by atoms with Crippen LogP contribution in [0.2, 0.25) is 0 Å². The molecule has 7 aromatic rings. The number of para-hydroxylation sites is 1. The average molecular weight is 752 g/mol. The Balaban J connectivity index is 1.14. The quantitative estimate of drug-likeness (QED) is 0.179. The number of fused-ring (bicyclic) bond motifs is 10. The second kappa shape index (κ2) is 12.4. The lowest BCUT2D eigenvalue weighted by Crippen LogP contribution is -2.35. The first kappa shape index (κ1) is 33.1. The molecule has 0 spiro atoms. The summed E-state index contributed by atoms with van der Waals surface area (Å²) in [6.45, 7) is 2.41. The zero-order valence-corrected chi connectivity index (χ0v) is 32.8. The van der Waals surface area contributed by atoms with Crippen LogP contribution in [0.1, 0.15) is 61.3 Å². The Morgan fingerprint density at radius 1 is 0.719 bits per heavy atom. The second-order valence-corrected chi connectivity index (χ2v) is 17.6. The summed E-state index contributed by atoms with van der Waals surface area (Å²) in [5.74, 6) is 0.930. The molecule has 5 aromatic carbocycles. The first-order valence-corrected chi connectivity index (χ1v) is 21.3. The van der Waals surface area contributed by atoms with Crippen LogP contribution in [0.4, 0.5) is 11.5 Å². The normalized spacial score (nSPS) is 22.9. The van der Waals surface area contributed by atoms with E-state index in [1.807, 2.05) is 0 Å². The third-order valence-corrected chi connectivity index (χ3v) is 14.5. The molecule has 0 N–H and O–H groups in total. The summed E-state index contributed by atoms with van der Waals surface area (Å²) in [5.41, 5.74) is 16.1. The molecule has 12 rings (SSSR count). The number of aromatic nitrogens is 2. The Hall–Kier alpha value is -6.10. The molecular weight excluding hydrogens is 711 g/mol. The van der Waals surface area contributed by atoms with E-state index in [2.05, 4.69) is 176 Å². The lowest BCUT2D eigenvalue weighted by molar-refractivity contribution is 0.472. The Labute approximate surface area is 337 Å². The molecule has 2 aromatic heterocycles. The maximum absolute atomic E-state index is 5.76. The maximum atomic E-state index is 5.76. The van der Waals surface area contributed by atoms with E-state index in [4.69, 9.17) is 9.97 Å². The molecule has 0 fully saturated rings. The SMILES string of the molecule is CC12C=C3c4ccccc4N(c4nc5c(nc4-c4ccc6c(c4)C(C4=CC=CCCC4)(c4ccccc4)c4ccccc4-6)sc4ccccc45)C3CC1=CC=CC2. The first-order chi connectivity index (χ1) is 28.1. The van der Waals surface area contributed by atoms with E-state index >= 15 is 0 Å². The highest BCUT2D eigenvalue weighted by molar-refractivity contribution is 7.25. The van der Waals surface area contributed by atoms with Crippen molar-refractivity contribution in [2.24, 2.45) is 5.41 Å². The van der Waals surface area contributed by atoms with Crippen LogP contribution in [0.5, 0.6) is 0 Å². The minimum absolute atomic E-state index is 0.0172. The number of hydrogen-bond donors (Lipinski definition) is 0. The first-order valence-electron chi connectivity index (χ1n) is 20.5. The minimum Gasteiger partial charge on any atom is -0.316 e. The predicted octanol–water partition coefficient (Wildman–Crippen LogP) is 13.7. The highest BCUT2D eigenvalue weighted by Crippen LogP contribution is 2.59. The highest BCUT2D eigenvalue weighted by atomic mass is 32.1. The van der Waals surface area contributed by atoms with Crippen LogP contribution in [-0.4, -0.2) is 16.0 Å². The summed E-state index contributed by atoms with van der Waals surface area (Å²) in [6, 6.07) is 45.2. The smallest absolute Gasteiger partial charge is 0.161 e. The van der Waals surface area contributed by atoms with E-state index in [0.29, 0.717) is 0 Å². The van der Waals surface area contributed by atoms with Crippen LogP contribution in [-0.2, 0) is 5.41 Å². The Bertz CT molecular complexity index is 2980. The standard InChI is InChI=1S/C53H41N3S/c1-52-30-16-15-21-37(52)32-46-42(33-52)40-23-10-13-26-45(40)56(46)50-48(55-51-49(54-50)41-24-11-14-27-47(41)57-51)34-28-29-39-38-22-9-12-25-43(38)53(44(39)31-34,36-19-7-4-8-20-36)35-17-5-2-3-6-18-35/h2,4-5,7-17,19-29,31,33,46H,3,6,18,30,32H2,1H3. The van der Waals surface area contributed by atoms with Crippen LogP contribution < -0.4 is 4.90 Å². The molecule has 274 valence electrons. The predicted molar refractivity (Wildman–Crippen MR) is 238 cm³/mol. The average Bonchev–Trinajstić information content (AvgIpc) is 3.77. The molecule has 3 nitrogen and oxygen atoms in total. The third-order valence-electron chi connectivity index (χ3n) is 13.4. The van der Waals surface area contributed by atoms with Gasteiger partial charge in [0.25, 0.3) is 0 Å². The molecule has 4 aliphatic carbocycles. The van der Waals surface area contributed by atoms with Crippen molar-refractivity contribution in [3.63, 3.8) is 0 Å². The fraction of sp³-hybridized carbons (Fsp3) is 0.170. The van der Waals surface area contributed by atoms with Gasteiger partial charge >= 0.3 is 0 Å². The number of nitrogens with zero attached hydrogens (tertiary/aromatic N) is 3. The third kappa shape index (κ3) is 4.71. The van der Waals surface area contributed by atoms with Crippen molar-refractivity contribution in [1.82, 2.24) is 9.97 Å². The molecular formula is C53H41N3S. The lowest BCUT2D eigenvalue weighted by atomic mass is 9.66. The molecule has 0 amide bonds. The van der Waals surface area contributed by atoms with E-state index in [1.54, 1.807) is 11.3 Å². The molecule has 1 aliphatic heterocycles. The van der Waals surface area contributed by atoms with E-state index in [0.717, 1.165) is 59.5 Å². The van der Waals surface area contributed by atoms with Crippen molar-refractivity contribution in [3.8, 4) is 22.4 Å². The lowest BCUT2D eigenvalue weighted by Gasteiger charge is -2.40. The highest BCUT2D eigenvalue weighted by Gasteiger charge is 2.48. The van der Waals surface area contributed by atoms with E-state index in [9.17, 15) is 0 Å². The van der Waals surface area contributed by atoms with Crippen molar-refractivity contribution >= 4 is 48.8 Å². The molecule has 5 aliphatic rings. The van der Waals surface area contributed by atoms with Gasteiger partial charge in [0, 0.05) is 26.6 Å². The van der Waals surface area contributed by atoms with Gasteiger partial charge < -0.3 is 4.90 Å². The van der Waals surface area contributed by atoms with Crippen LogP contribution in [0.3, 0.4) is 0 Å². The minimum atomic E-state index is -0.432. The molecule has 3 atom stereocenters. The molecule has 0 saturated carbocycles. The van der Waals surface area contributed by atoms with Crippen LogP contribution in [0.25, 0.3) is 48.4 Å². The summed E-state index contributed by atoms with van der Waals surface area (Å²) in [7, 11) is 0. The zero-order chi connectivity index (χ0) is 37.7. The molecule has 3 heterocycles. The fourth-order valence-electron chi connectivity index (χ4n) is 10.8. The number of rotatable bonds is 4. The van der Waals surface area contributed by atoms with E-state index in [-0.39, 0.29) is 11.5 Å². The Morgan fingerprint density at radius 2 is 1.49 bits per heavy atom. The van der Waals surface area contributed by atoms with Crippen LogP contribution in [0.15, 0.2) is 175 Å². The zero-order valence-electron chi connectivity index (χ0n) is 32.0. The maximum Gasteiger partial charge on any atom is 0.161 e. The van der Waals surface area contributed by atoms with E-state index < -0.39 is 5.41 Å². The summed E-state index contributed by atoms with van der Waals surface area (Å²) in [6.07, 6.45) is 21.8. The van der Waals surface area contributed by atoms with Gasteiger partial charge in [-0.15, -0.1) is 11.3 Å². The molecule has 4 heteroatoms. The van der Waals surface area contributed by atoms with Gasteiger partial charge in [0.1, 0.15) is 16.0 Å². The van der Waals surface area contributed by atoms with Gasteiger partial charge in [0.2, 0.25) is 0 Å². The summed E-state index contributed by atoms with van der Waals surface area (Å²) < 4.78 is 1.21. The van der Waals surface area contributed by atoms with Crippen molar-refractivity contribution < 1.29 is 0 Å². The Morgan fingerprint density at radius 3 is 2.42 bits per heavy atom. The van der Waals surface area contributed by atoms with Crippen molar-refractivity contribution in [3.05, 3.63) is 197 Å². The van der Waals surface area contributed by atoms with Crippen molar-refractivity contribution in [1.29, 1.82) is 0 Å². The monoisotopic (exact) mass is 751 g/mol. The number of hydrogen-bond acceptors (Lipinski definition) is 4. The van der Waals surface area contributed by atoms with Gasteiger partial charge in [-0.3, -0.25) is 0 Å². The number of benzene rings is 5. The van der Waals surface area contributed by atoms with Gasteiger partial charge in [-0.2, -0.15) is 0 Å². The van der Waals surface area contributed by atoms with Gasteiger partial charge in [0.05, 0.1) is 17.1 Å². The number of anilines is 2. The van der Waals surface area contributed by atoms with Gasteiger partial charge in [-0.05, 0) is 83.7 Å². The van der Waals surface area contributed by atoms with Crippen molar-refractivity contribution in [2.45, 2.75) is 50.5 Å². The van der Waals surface area contributed by atoms with Gasteiger partial charge in [0.15, 0.2) is 5.82 Å². The summed E-state index contributed by atoms with van der Waals surface area (Å²) >= 11 is 1.74. The fourth-order valence-corrected chi connectivity index (χ4v) is 11.8. The largest absolute Gasteiger partial charge is 0.316 e. The van der Waals surface area contributed by atoms with Crippen molar-refractivity contribution in [2.75, 3.05) is 4.90 Å². The number of allylic oxidation sites excluding steroid dienone is 8. The number of thiophene rings is 1. The molecule has 3 unspecified atom stereocenters. The molecule has 0 saturated heterocycles. The van der Waals surface area contributed by atoms with Gasteiger partial charge in [-0.1, -0.05) is 164 Å². The van der Waals surface area contributed by atoms with Crippen LogP contribution >= 0.6 is 11.3 Å². The molecule has 0 bridgehead atoms. The second-order valence-electron chi connectivity index (χ2n) is 16.5. The Kier molecular flexibility index (Phi) is 7.22. The summed E-state index contributed by atoms with van der Waals surface area (Å²) in [4.78, 5) is 15.0. The van der Waals surface area contributed by atoms with Gasteiger partial charge in [-0.25, -0.2) is 9.97 Å². The van der Waals surface area contributed by atoms with Crippen LogP contribution in [0, 0.1) is 5.41 Å². The topological polar surface area (TPSA) is 29.0 Å². The summed E-state index contributed by atoms with van der Waals surface area (Å²) in [5, 5.41) is 1.17. The molecule has 57 heavy (non-hydrogen) atoms. The molecule has 0 radical (unpaired) electrons.